The van der Waals surface area contributed by atoms with Gasteiger partial charge in [0.2, 0.25) is 5.91 Å². The fourth-order valence-corrected chi connectivity index (χ4v) is 3.13. The zero-order valence-corrected chi connectivity index (χ0v) is 13.8. The van der Waals surface area contributed by atoms with Crippen molar-refractivity contribution in [3.05, 3.63) is 45.1 Å². The van der Waals surface area contributed by atoms with Crippen LogP contribution in [0, 0.1) is 0 Å². The highest BCUT2D eigenvalue weighted by Gasteiger charge is 2.18. The minimum absolute atomic E-state index is 0.0486. The van der Waals surface area contributed by atoms with Gasteiger partial charge in [0.15, 0.2) is 0 Å². The van der Waals surface area contributed by atoms with Crippen molar-refractivity contribution in [1.82, 2.24) is 19.4 Å². The molecule has 1 amide bonds. The van der Waals surface area contributed by atoms with Gasteiger partial charge in [0.1, 0.15) is 0 Å². The van der Waals surface area contributed by atoms with Gasteiger partial charge in [-0.3, -0.25) is 19.1 Å². The molecule has 1 aliphatic heterocycles. The van der Waals surface area contributed by atoms with Crippen LogP contribution in [-0.2, 0) is 11.3 Å². The molecule has 1 aliphatic rings. The van der Waals surface area contributed by atoms with Crippen LogP contribution in [0.3, 0.4) is 0 Å². The van der Waals surface area contributed by atoms with Crippen LogP contribution in [0.1, 0.15) is 12.8 Å². The topological polar surface area (TPSA) is 78.4 Å². The summed E-state index contributed by atoms with van der Waals surface area (Å²) in [5.74, 6) is 0.0486. The van der Waals surface area contributed by atoms with Gasteiger partial charge in [-0.2, -0.15) is 0 Å². The number of amides is 1. The van der Waals surface area contributed by atoms with Crippen LogP contribution in [0.5, 0.6) is 0 Å². The number of benzene rings is 1. The fourth-order valence-electron chi connectivity index (χ4n) is 3.13. The monoisotopic (exact) mass is 330 g/mol. The zero-order valence-electron chi connectivity index (χ0n) is 13.8. The van der Waals surface area contributed by atoms with Crippen molar-refractivity contribution in [2.45, 2.75) is 19.4 Å². The van der Waals surface area contributed by atoms with Crippen LogP contribution >= 0.6 is 0 Å². The first-order valence-electron chi connectivity index (χ1n) is 8.24. The summed E-state index contributed by atoms with van der Waals surface area (Å²) in [6.07, 6.45) is 1.21. The summed E-state index contributed by atoms with van der Waals surface area (Å²) in [6, 6.07) is 6.95. The molecule has 1 N–H and O–H groups in total. The quantitative estimate of drug-likeness (QED) is 0.875. The van der Waals surface area contributed by atoms with Gasteiger partial charge >= 0.3 is 5.69 Å². The number of rotatable bonds is 3. The number of nitrogens with one attached hydrogen (secondary N) is 1. The second kappa shape index (κ2) is 7.00. The predicted octanol–water partition coefficient (Wildman–Crippen LogP) is 0.244. The van der Waals surface area contributed by atoms with Crippen LogP contribution in [0.25, 0.3) is 10.9 Å². The number of hydrogen-bond acceptors (Lipinski definition) is 4. The van der Waals surface area contributed by atoms with Gasteiger partial charge in [0.25, 0.3) is 5.56 Å². The van der Waals surface area contributed by atoms with Crippen molar-refractivity contribution < 1.29 is 4.79 Å². The molecule has 0 spiro atoms. The Morgan fingerprint density at radius 2 is 1.92 bits per heavy atom. The van der Waals surface area contributed by atoms with Crippen molar-refractivity contribution in [3.63, 3.8) is 0 Å². The smallest absolute Gasteiger partial charge is 0.328 e. The molecule has 2 heterocycles. The van der Waals surface area contributed by atoms with Gasteiger partial charge in [0, 0.05) is 32.6 Å². The predicted molar refractivity (Wildman–Crippen MR) is 92.1 cm³/mol. The second-order valence-electron chi connectivity index (χ2n) is 6.22. The number of fused-ring (bicyclic) bond motifs is 1. The number of H-pyrrole nitrogens is 1. The Morgan fingerprint density at radius 1 is 1.12 bits per heavy atom. The Labute approximate surface area is 139 Å². The molecule has 0 atom stereocenters. The molecule has 128 valence electrons. The van der Waals surface area contributed by atoms with Crippen molar-refractivity contribution in [3.8, 4) is 0 Å². The van der Waals surface area contributed by atoms with Gasteiger partial charge in [-0.25, -0.2) is 4.79 Å². The fraction of sp³-hybridized carbons (Fsp3) is 0.471. The number of likely N-dealkylation sites (N-methyl/N-ethyl adjacent to an activating group) is 1. The molecule has 3 rings (SSSR count). The van der Waals surface area contributed by atoms with E-state index in [9.17, 15) is 14.4 Å². The van der Waals surface area contributed by atoms with E-state index in [1.54, 1.807) is 24.3 Å². The molecule has 0 bridgehead atoms. The molecule has 2 aromatic rings. The number of nitrogens with zero attached hydrogens (tertiary/aromatic N) is 3. The van der Waals surface area contributed by atoms with Gasteiger partial charge in [-0.15, -0.1) is 0 Å². The average molecular weight is 330 g/mol. The Hall–Kier alpha value is -2.41. The maximum absolute atomic E-state index is 12.5. The number of aromatic amines is 1. The van der Waals surface area contributed by atoms with Gasteiger partial charge in [-0.1, -0.05) is 12.1 Å². The number of hydrogen-bond donors (Lipinski definition) is 1. The Balaban J connectivity index is 1.77. The van der Waals surface area contributed by atoms with E-state index in [2.05, 4.69) is 16.9 Å². The van der Waals surface area contributed by atoms with Crippen molar-refractivity contribution >= 4 is 16.8 Å². The van der Waals surface area contributed by atoms with Crippen LogP contribution in [0.15, 0.2) is 33.9 Å². The van der Waals surface area contributed by atoms with E-state index in [0.717, 1.165) is 32.6 Å². The minimum Gasteiger partial charge on any atom is -0.341 e. The summed E-state index contributed by atoms with van der Waals surface area (Å²) in [5, 5.41) is 0.459. The number of carbonyl (C=O) groups excluding carboxylic acids is 1. The molecule has 1 aromatic heterocycles. The van der Waals surface area contributed by atoms with Gasteiger partial charge < -0.3 is 9.80 Å². The lowest BCUT2D eigenvalue weighted by atomic mass is 10.2. The molecular formula is C17H22N4O3. The van der Waals surface area contributed by atoms with Crippen molar-refractivity contribution in [1.29, 1.82) is 0 Å². The summed E-state index contributed by atoms with van der Waals surface area (Å²) in [5.41, 5.74) is -0.300. The maximum Gasteiger partial charge on any atom is 0.328 e. The molecule has 24 heavy (non-hydrogen) atoms. The van der Waals surface area contributed by atoms with Crippen LogP contribution < -0.4 is 11.2 Å². The Morgan fingerprint density at radius 3 is 2.75 bits per heavy atom. The molecule has 0 radical (unpaired) electrons. The van der Waals surface area contributed by atoms with Gasteiger partial charge in [0.05, 0.1) is 10.9 Å². The van der Waals surface area contributed by atoms with E-state index in [0.29, 0.717) is 10.9 Å². The third-order valence-corrected chi connectivity index (χ3v) is 4.53. The van der Waals surface area contributed by atoms with E-state index < -0.39 is 11.2 Å². The lowest BCUT2D eigenvalue weighted by Crippen LogP contribution is -2.36. The van der Waals surface area contributed by atoms with Crippen LogP contribution in [0.4, 0.5) is 0 Å². The van der Waals surface area contributed by atoms with Gasteiger partial charge in [-0.05, 0) is 32.1 Å². The third kappa shape index (κ3) is 3.41. The lowest BCUT2D eigenvalue weighted by molar-refractivity contribution is -0.131. The third-order valence-electron chi connectivity index (χ3n) is 4.53. The highest BCUT2D eigenvalue weighted by atomic mass is 16.2. The standard InChI is InChI=1S/C17H22N4O3/c1-19-8-4-9-20(12-11-19)15(22)7-10-21-14-6-3-2-5-13(14)16(23)18-17(21)24/h2-3,5-6H,4,7-12H2,1H3,(H,18,23,24). The largest absolute Gasteiger partial charge is 0.341 e. The maximum atomic E-state index is 12.5. The molecular weight excluding hydrogens is 308 g/mol. The molecule has 1 fully saturated rings. The molecule has 1 aromatic carbocycles. The first-order valence-corrected chi connectivity index (χ1v) is 8.24. The number of aryl methyl sites for hydroxylation is 1. The number of aromatic nitrogens is 2. The van der Waals surface area contributed by atoms with E-state index in [4.69, 9.17) is 0 Å². The number of carbonyl (C=O) groups is 1. The molecule has 0 unspecified atom stereocenters. The first-order chi connectivity index (χ1) is 11.6. The van der Waals surface area contributed by atoms with Crippen molar-refractivity contribution in [2.75, 3.05) is 33.2 Å². The number of para-hydroxylation sites is 1. The summed E-state index contributed by atoms with van der Waals surface area (Å²) >= 11 is 0. The van der Waals surface area contributed by atoms with E-state index in [1.807, 2.05) is 4.90 Å². The summed E-state index contributed by atoms with van der Waals surface area (Å²) in [7, 11) is 2.06. The molecule has 0 aliphatic carbocycles. The molecule has 1 saturated heterocycles. The Kier molecular flexibility index (Phi) is 4.80. The molecule has 7 nitrogen and oxygen atoms in total. The average Bonchev–Trinajstić information content (AvgIpc) is 2.79. The second-order valence-corrected chi connectivity index (χ2v) is 6.22. The first kappa shape index (κ1) is 16.4. The summed E-state index contributed by atoms with van der Waals surface area (Å²) in [6.45, 7) is 3.60. The van der Waals surface area contributed by atoms with E-state index in [1.165, 1.54) is 4.57 Å². The molecule has 7 heteroatoms. The highest BCUT2D eigenvalue weighted by molar-refractivity contribution is 5.79. The minimum atomic E-state index is -0.470. The summed E-state index contributed by atoms with van der Waals surface area (Å²) < 4.78 is 1.47. The Bertz CT molecular complexity index is 855. The highest BCUT2D eigenvalue weighted by Crippen LogP contribution is 2.09. The summed E-state index contributed by atoms with van der Waals surface area (Å²) in [4.78, 5) is 42.8. The van der Waals surface area contributed by atoms with Crippen molar-refractivity contribution in [2.24, 2.45) is 0 Å². The zero-order chi connectivity index (χ0) is 17.1. The van der Waals surface area contributed by atoms with Crippen LogP contribution in [-0.4, -0.2) is 58.5 Å². The SMILES string of the molecule is CN1CCCN(C(=O)CCn2c(=O)[nH]c(=O)c3ccccc32)CC1. The normalized spacial score (nSPS) is 16.3. The van der Waals surface area contributed by atoms with Crippen LogP contribution in [0.2, 0.25) is 0 Å². The van der Waals surface area contributed by atoms with E-state index >= 15 is 0 Å². The lowest BCUT2D eigenvalue weighted by Gasteiger charge is -2.21. The molecule has 0 saturated carbocycles. The van der Waals surface area contributed by atoms with E-state index in [-0.39, 0.29) is 18.9 Å².